The lowest BCUT2D eigenvalue weighted by atomic mass is 9.91. The maximum absolute atomic E-state index is 13.2. The number of piperidine rings is 1. The van der Waals surface area contributed by atoms with E-state index < -0.39 is 11.5 Å². The first-order valence-electron chi connectivity index (χ1n) is 9.85. The molecule has 6 nitrogen and oxygen atoms in total. The maximum Gasteiger partial charge on any atom is 0.332 e. The van der Waals surface area contributed by atoms with Crippen LogP contribution in [0.5, 0.6) is 0 Å². The Balaban J connectivity index is 1.53. The molecule has 2 aromatic rings. The molecular formula is C23H24N2O4. The molecule has 1 atom stereocenters. The lowest BCUT2D eigenvalue weighted by Crippen LogP contribution is -2.59. The van der Waals surface area contributed by atoms with Gasteiger partial charge in [0, 0.05) is 31.5 Å². The number of nitrogens with one attached hydrogen (secondary N) is 1. The zero-order valence-corrected chi connectivity index (χ0v) is 16.4. The molecule has 2 aliphatic rings. The molecule has 150 valence electrons. The minimum Gasteiger partial charge on any atom is -0.467 e. The van der Waals surface area contributed by atoms with E-state index in [1.54, 1.807) is 4.90 Å². The summed E-state index contributed by atoms with van der Waals surface area (Å²) in [7, 11) is 1.34. The molecule has 1 unspecified atom stereocenters. The summed E-state index contributed by atoms with van der Waals surface area (Å²) in [5.74, 6) is -1.01. The predicted molar refractivity (Wildman–Crippen MR) is 108 cm³/mol. The molecule has 6 heteroatoms. The fourth-order valence-electron chi connectivity index (χ4n) is 4.35. The van der Waals surface area contributed by atoms with Crippen LogP contribution in [0.2, 0.25) is 0 Å². The Morgan fingerprint density at radius 1 is 1.03 bits per heavy atom. The van der Waals surface area contributed by atoms with Gasteiger partial charge < -0.3 is 15.0 Å². The van der Waals surface area contributed by atoms with Gasteiger partial charge in [-0.2, -0.15) is 0 Å². The first kappa shape index (κ1) is 19.2. The van der Waals surface area contributed by atoms with Crippen molar-refractivity contribution in [2.24, 2.45) is 5.92 Å². The molecule has 1 heterocycles. The van der Waals surface area contributed by atoms with Crippen molar-refractivity contribution in [3.8, 4) is 0 Å². The zero-order valence-electron chi connectivity index (χ0n) is 16.4. The number of para-hydroxylation sites is 1. The number of hydrogen-bond donors (Lipinski definition) is 1. The van der Waals surface area contributed by atoms with Gasteiger partial charge in [-0.05, 0) is 29.7 Å². The molecule has 0 bridgehead atoms. The Labute approximate surface area is 169 Å². The topological polar surface area (TPSA) is 75.7 Å². The molecule has 29 heavy (non-hydrogen) atoms. The highest BCUT2D eigenvalue weighted by atomic mass is 16.5. The Bertz CT molecular complexity index is 916. The van der Waals surface area contributed by atoms with Gasteiger partial charge >= 0.3 is 5.97 Å². The zero-order chi connectivity index (χ0) is 20.4. The first-order valence-corrected chi connectivity index (χ1v) is 9.85. The van der Waals surface area contributed by atoms with E-state index in [0.717, 1.165) is 16.8 Å². The van der Waals surface area contributed by atoms with Crippen LogP contribution < -0.4 is 10.2 Å². The summed E-state index contributed by atoms with van der Waals surface area (Å²) in [5.41, 5.74) is 1.78. The molecule has 0 spiro atoms. The van der Waals surface area contributed by atoms with Gasteiger partial charge in [-0.1, -0.05) is 42.5 Å². The minimum atomic E-state index is -1.09. The van der Waals surface area contributed by atoms with Crippen molar-refractivity contribution < 1.29 is 19.1 Å². The molecule has 0 saturated carbocycles. The molecule has 1 saturated heterocycles. The Kier molecular flexibility index (Phi) is 5.09. The smallest absolute Gasteiger partial charge is 0.332 e. The van der Waals surface area contributed by atoms with Crippen LogP contribution in [0.1, 0.15) is 24.0 Å². The number of carbonyl (C=O) groups excluding carboxylic acids is 3. The number of fused-ring (bicyclic) bond motifs is 1. The van der Waals surface area contributed by atoms with Gasteiger partial charge in [0.1, 0.15) is 5.54 Å². The summed E-state index contributed by atoms with van der Waals surface area (Å²) < 4.78 is 5.05. The molecule has 1 aliphatic heterocycles. The van der Waals surface area contributed by atoms with E-state index in [2.05, 4.69) is 5.32 Å². The van der Waals surface area contributed by atoms with Gasteiger partial charge in [-0.3, -0.25) is 9.59 Å². The highest BCUT2D eigenvalue weighted by Gasteiger charge is 2.47. The van der Waals surface area contributed by atoms with Crippen LogP contribution in [0.4, 0.5) is 5.69 Å². The number of carbonyl (C=O) groups is 3. The van der Waals surface area contributed by atoms with Crippen LogP contribution in [0.15, 0.2) is 54.6 Å². The molecular weight excluding hydrogens is 368 g/mol. The lowest BCUT2D eigenvalue weighted by Gasteiger charge is -2.34. The summed E-state index contributed by atoms with van der Waals surface area (Å²) in [5, 5.41) is 3.00. The van der Waals surface area contributed by atoms with Crippen LogP contribution >= 0.6 is 0 Å². The van der Waals surface area contributed by atoms with E-state index in [0.29, 0.717) is 32.2 Å². The quantitative estimate of drug-likeness (QED) is 0.810. The van der Waals surface area contributed by atoms with Gasteiger partial charge in [0.05, 0.1) is 13.0 Å². The fraction of sp³-hybridized carbons (Fsp3) is 0.348. The van der Waals surface area contributed by atoms with Gasteiger partial charge in [0.2, 0.25) is 11.8 Å². The molecule has 1 N–H and O–H groups in total. The molecule has 0 radical (unpaired) electrons. The summed E-state index contributed by atoms with van der Waals surface area (Å²) in [4.78, 5) is 39.9. The number of anilines is 1. The van der Waals surface area contributed by atoms with Crippen molar-refractivity contribution in [2.45, 2.75) is 31.2 Å². The predicted octanol–water partition coefficient (Wildman–Crippen LogP) is 2.26. The van der Waals surface area contributed by atoms with Gasteiger partial charge in [0.15, 0.2) is 0 Å². The average Bonchev–Trinajstić information content (AvgIpc) is 3.13. The summed E-state index contributed by atoms with van der Waals surface area (Å²) in [6.07, 6.45) is 1.60. The number of ether oxygens (including phenoxy) is 1. The minimum absolute atomic E-state index is 0.0104. The van der Waals surface area contributed by atoms with Crippen LogP contribution in [-0.4, -0.2) is 37.0 Å². The van der Waals surface area contributed by atoms with Crippen molar-refractivity contribution in [2.75, 3.05) is 18.6 Å². The standard InChI is InChI=1S/C23H24N2O4/c1-29-22(28)23(13-16-7-5-6-8-17(16)14-23)24-21(27)18-11-12-20(26)25(15-18)19-9-3-2-4-10-19/h2-10,18H,11-15H2,1H3,(H,24,27). The number of nitrogens with zero attached hydrogens (tertiary/aromatic N) is 1. The van der Waals surface area contributed by atoms with Crippen molar-refractivity contribution in [1.29, 1.82) is 0 Å². The number of amides is 2. The molecule has 4 rings (SSSR count). The highest BCUT2D eigenvalue weighted by Crippen LogP contribution is 2.32. The Morgan fingerprint density at radius 3 is 2.28 bits per heavy atom. The van der Waals surface area contributed by atoms with Crippen molar-refractivity contribution in [3.63, 3.8) is 0 Å². The number of esters is 1. The van der Waals surface area contributed by atoms with Crippen LogP contribution in [-0.2, 0) is 32.0 Å². The Hall–Kier alpha value is -3.15. The van der Waals surface area contributed by atoms with Crippen molar-refractivity contribution in [3.05, 3.63) is 65.7 Å². The van der Waals surface area contributed by atoms with Crippen LogP contribution in [0, 0.1) is 5.92 Å². The van der Waals surface area contributed by atoms with E-state index in [1.807, 2.05) is 54.6 Å². The molecule has 2 aromatic carbocycles. The largest absolute Gasteiger partial charge is 0.467 e. The number of methoxy groups -OCH3 is 1. The van der Waals surface area contributed by atoms with Crippen LogP contribution in [0.3, 0.4) is 0 Å². The monoisotopic (exact) mass is 392 g/mol. The van der Waals surface area contributed by atoms with Crippen LogP contribution in [0.25, 0.3) is 0 Å². The van der Waals surface area contributed by atoms with Crippen molar-refractivity contribution in [1.82, 2.24) is 5.32 Å². The third-order valence-corrected chi connectivity index (χ3v) is 5.89. The van der Waals surface area contributed by atoms with Gasteiger partial charge in [-0.25, -0.2) is 4.79 Å². The molecule has 1 fully saturated rings. The van der Waals surface area contributed by atoms with E-state index in [4.69, 9.17) is 4.74 Å². The molecule has 0 aromatic heterocycles. The SMILES string of the molecule is COC(=O)C1(NC(=O)C2CCC(=O)N(c3ccccc3)C2)Cc2ccccc2C1. The number of rotatable bonds is 4. The normalized spacial score (nSPS) is 20.1. The first-order chi connectivity index (χ1) is 14.0. The summed E-state index contributed by atoms with van der Waals surface area (Å²) in [6, 6.07) is 17.2. The van der Waals surface area contributed by atoms with Gasteiger partial charge in [-0.15, -0.1) is 0 Å². The third kappa shape index (κ3) is 3.62. The molecule has 1 aliphatic carbocycles. The third-order valence-electron chi connectivity index (χ3n) is 5.89. The summed E-state index contributed by atoms with van der Waals surface area (Å²) >= 11 is 0. The van der Waals surface area contributed by atoms with E-state index in [9.17, 15) is 14.4 Å². The second-order valence-corrected chi connectivity index (χ2v) is 7.76. The summed E-state index contributed by atoms with van der Waals surface area (Å²) in [6.45, 7) is 0.304. The second-order valence-electron chi connectivity index (χ2n) is 7.76. The lowest BCUT2D eigenvalue weighted by molar-refractivity contribution is -0.151. The highest BCUT2D eigenvalue weighted by molar-refractivity contribution is 5.97. The van der Waals surface area contributed by atoms with Crippen molar-refractivity contribution >= 4 is 23.5 Å². The number of hydrogen-bond acceptors (Lipinski definition) is 4. The molecule has 2 amide bonds. The fourth-order valence-corrected chi connectivity index (χ4v) is 4.35. The van der Waals surface area contributed by atoms with E-state index >= 15 is 0 Å². The van der Waals surface area contributed by atoms with E-state index in [1.165, 1.54) is 7.11 Å². The average molecular weight is 392 g/mol. The Morgan fingerprint density at radius 2 is 1.66 bits per heavy atom. The van der Waals surface area contributed by atoms with E-state index in [-0.39, 0.29) is 17.7 Å². The number of benzene rings is 2. The maximum atomic E-state index is 13.2. The second kappa shape index (κ2) is 7.70. The van der Waals surface area contributed by atoms with Gasteiger partial charge in [0.25, 0.3) is 0 Å².